The van der Waals surface area contributed by atoms with Gasteiger partial charge in [-0.25, -0.2) is 4.79 Å². The van der Waals surface area contributed by atoms with Crippen LogP contribution in [-0.2, 0) is 4.74 Å². The Morgan fingerprint density at radius 3 is 2.65 bits per heavy atom. The van der Waals surface area contributed by atoms with Crippen LogP contribution in [0.1, 0.15) is 0 Å². The Morgan fingerprint density at radius 2 is 2.00 bits per heavy atom. The topological polar surface area (TPSA) is 68.7 Å². The summed E-state index contributed by atoms with van der Waals surface area (Å²) in [6, 6.07) is 6.82. The van der Waals surface area contributed by atoms with Crippen LogP contribution in [0.25, 0.3) is 10.8 Å². The van der Waals surface area contributed by atoms with E-state index < -0.39 is 6.16 Å². The quantitative estimate of drug-likeness (QED) is 0.625. The fourth-order valence-corrected chi connectivity index (χ4v) is 1.62. The molecule has 0 bridgehead atoms. The first-order valence-corrected chi connectivity index (χ1v) is 5.04. The molecule has 0 aliphatic heterocycles. The van der Waals surface area contributed by atoms with Crippen molar-refractivity contribution in [3.8, 4) is 11.6 Å². The maximum absolute atomic E-state index is 10.9. The van der Waals surface area contributed by atoms with Crippen molar-refractivity contribution in [1.82, 2.24) is 4.98 Å². The first kappa shape index (κ1) is 11.5. The summed E-state index contributed by atoms with van der Waals surface area (Å²) in [4.78, 5) is 14.7. The minimum Gasteiger partial charge on any atom is -0.503 e. The van der Waals surface area contributed by atoms with Gasteiger partial charge in [0.1, 0.15) is 5.15 Å². The second kappa shape index (κ2) is 4.47. The number of hydrogen-bond donors (Lipinski definition) is 1. The number of methoxy groups -OCH3 is 1. The summed E-state index contributed by atoms with van der Waals surface area (Å²) in [5.41, 5.74) is 0. The molecule has 0 saturated heterocycles. The first-order valence-electron chi connectivity index (χ1n) is 4.66. The molecular weight excluding hydrogens is 246 g/mol. The Morgan fingerprint density at radius 1 is 1.35 bits per heavy atom. The number of carbonyl (C=O) groups is 1. The van der Waals surface area contributed by atoms with Gasteiger partial charge in [-0.3, -0.25) is 0 Å². The number of fused-ring (bicyclic) bond motifs is 1. The first-order chi connectivity index (χ1) is 8.13. The van der Waals surface area contributed by atoms with Crippen LogP contribution in [0.5, 0.6) is 11.6 Å². The fourth-order valence-electron chi connectivity index (χ4n) is 1.38. The maximum atomic E-state index is 10.9. The van der Waals surface area contributed by atoms with E-state index in [1.165, 1.54) is 0 Å². The van der Waals surface area contributed by atoms with Crippen molar-refractivity contribution in [1.29, 1.82) is 0 Å². The third kappa shape index (κ3) is 2.09. The van der Waals surface area contributed by atoms with Gasteiger partial charge in [0.2, 0.25) is 0 Å². The molecule has 0 amide bonds. The van der Waals surface area contributed by atoms with Crippen LogP contribution in [0.3, 0.4) is 0 Å². The number of aromatic nitrogens is 1. The summed E-state index contributed by atoms with van der Waals surface area (Å²) < 4.78 is 8.98. The number of hydrogen-bond acceptors (Lipinski definition) is 5. The van der Waals surface area contributed by atoms with E-state index in [2.05, 4.69) is 14.5 Å². The van der Waals surface area contributed by atoms with Crippen LogP contribution in [0, 0.1) is 0 Å². The molecule has 6 heteroatoms. The molecule has 5 nitrogen and oxygen atoms in total. The minimum atomic E-state index is -0.973. The molecule has 2 aromatic rings. The average molecular weight is 254 g/mol. The molecule has 0 atom stereocenters. The van der Waals surface area contributed by atoms with E-state index in [0.29, 0.717) is 10.8 Å². The van der Waals surface area contributed by atoms with Gasteiger partial charge in [-0.2, -0.15) is 4.98 Å². The van der Waals surface area contributed by atoms with Crippen molar-refractivity contribution in [2.24, 2.45) is 0 Å². The highest BCUT2D eigenvalue weighted by Crippen LogP contribution is 2.36. The van der Waals surface area contributed by atoms with Crippen molar-refractivity contribution in [2.75, 3.05) is 7.11 Å². The lowest BCUT2D eigenvalue weighted by Gasteiger charge is -2.07. The van der Waals surface area contributed by atoms with E-state index in [1.54, 1.807) is 24.3 Å². The summed E-state index contributed by atoms with van der Waals surface area (Å²) in [5, 5.41) is 11.0. The highest BCUT2D eigenvalue weighted by Gasteiger charge is 2.16. The van der Waals surface area contributed by atoms with Crippen molar-refractivity contribution in [3.63, 3.8) is 0 Å². The van der Waals surface area contributed by atoms with Gasteiger partial charge in [-0.15, -0.1) is 0 Å². The molecule has 0 fully saturated rings. The molecule has 1 heterocycles. The second-order valence-corrected chi connectivity index (χ2v) is 3.52. The molecule has 1 aromatic carbocycles. The van der Waals surface area contributed by atoms with Gasteiger partial charge in [0.15, 0.2) is 5.75 Å². The number of benzene rings is 1. The summed E-state index contributed by atoms with van der Waals surface area (Å²) >= 11 is 5.91. The number of rotatable bonds is 1. The molecule has 17 heavy (non-hydrogen) atoms. The normalized spacial score (nSPS) is 10.2. The lowest BCUT2D eigenvalue weighted by atomic mass is 10.1. The molecule has 1 N–H and O–H groups in total. The Hall–Kier alpha value is -2.01. The molecule has 2 rings (SSSR count). The molecule has 0 radical (unpaired) electrons. The molecule has 0 aliphatic carbocycles. The van der Waals surface area contributed by atoms with Gasteiger partial charge in [0, 0.05) is 10.8 Å². The largest absolute Gasteiger partial charge is 0.515 e. The molecule has 0 unspecified atom stereocenters. The van der Waals surface area contributed by atoms with Crippen molar-refractivity contribution in [2.45, 2.75) is 0 Å². The lowest BCUT2D eigenvalue weighted by Crippen LogP contribution is -2.08. The Balaban J connectivity index is 2.58. The molecule has 88 valence electrons. The molecule has 0 aliphatic rings. The van der Waals surface area contributed by atoms with Crippen LogP contribution < -0.4 is 4.74 Å². The number of carbonyl (C=O) groups excluding carboxylic acids is 1. The zero-order valence-electron chi connectivity index (χ0n) is 8.81. The zero-order chi connectivity index (χ0) is 12.4. The standard InChI is InChI=1S/C11H8ClNO4/c1-16-11(15)17-10-8(14)6-4-2-3-5-7(6)9(12)13-10/h2-5,14H,1H3. The highest BCUT2D eigenvalue weighted by atomic mass is 35.5. The summed E-state index contributed by atoms with van der Waals surface area (Å²) in [6.45, 7) is 0. The Labute approximate surface area is 102 Å². The predicted octanol–water partition coefficient (Wildman–Crippen LogP) is 2.74. The molecule has 0 spiro atoms. The van der Waals surface area contributed by atoms with Crippen molar-refractivity contribution < 1.29 is 19.4 Å². The SMILES string of the molecule is COC(=O)Oc1nc(Cl)c2ccccc2c1O. The van der Waals surface area contributed by atoms with E-state index in [9.17, 15) is 9.90 Å². The predicted molar refractivity (Wildman–Crippen MR) is 61.5 cm³/mol. The smallest absolute Gasteiger partial charge is 0.503 e. The fraction of sp³-hybridized carbons (Fsp3) is 0.0909. The monoisotopic (exact) mass is 253 g/mol. The van der Waals surface area contributed by atoms with Crippen LogP contribution >= 0.6 is 11.6 Å². The summed E-state index contributed by atoms with van der Waals surface area (Å²) in [7, 11) is 1.15. The van der Waals surface area contributed by atoms with Gasteiger partial charge in [-0.1, -0.05) is 35.9 Å². The number of ether oxygens (including phenoxy) is 2. The summed E-state index contributed by atoms with van der Waals surface area (Å²) in [5.74, 6) is -0.532. The average Bonchev–Trinajstić information content (AvgIpc) is 2.35. The minimum absolute atomic E-state index is 0.136. The van der Waals surface area contributed by atoms with Crippen molar-refractivity contribution in [3.05, 3.63) is 29.4 Å². The van der Waals surface area contributed by atoms with E-state index in [1.807, 2.05) is 0 Å². The van der Waals surface area contributed by atoms with Gasteiger partial charge < -0.3 is 14.6 Å². The second-order valence-electron chi connectivity index (χ2n) is 3.16. The van der Waals surface area contributed by atoms with Gasteiger partial charge >= 0.3 is 6.16 Å². The lowest BCUT2D eigenvalue weighted by molar-refractivity contribution is 0.118. The van der Waals surface area contributed by atoms with Crippen molar-refractivity contribution >= 4 is 28.5 Å². The number of nitrogens with zero attached hydrogens (tertiary/aromatic N) is 1. The van der Waals surface area contributed by atoms with Crippen LogP contribution in [-0.4, -0.2) is 23.4 Å². The Bertz CT molecular complexity index is 585. The van der Waals surface area contributed by atoms with E-state index in [-0.39, 0.29) is 16.8 Å². The number of halogens is 1. The summed E-state index contributed by atoms with van der Waals surface area (Å²) in [6.07, 6.45) is -0.973. The third-order valence-corrected chi connectivity index (χ3v) is 2.44. The van der Waals surface area contributed by atoms with Crippen LogP contribution in [0.2, 0.25) is 5.15 Å². The van der Waals surface area contributed by atoms with Gasteiger partial charge in [0.25, 0.3) is 5.88 Å². The third-order valence-electron chi connectivity index (χ3n) is 2.15. The molecule has 0 saturated carbocycles. The Kier molecular flexibility index (Phi) is 3.01. The zero-order valence-corrected chi connectivity index (χ0v) is 9.56. The van der Waals surface area contributed by atoms with Gasteiger partial charge in [-0.05, 0) is 0 Å². The van der Waals surface area contributed by atoms with E-state index in [0.717, 1.165) is 7.11 Å². The molecular formula is C11H8ClNO4. The number of pyridine rings is 1. The number of aromatic hydroxyl groups is 1. The van der Waals surface area contributed by atoms with Crippen LogP contribution in [0.15, 0.2) is 24.3 Å². The van der Waals surface area contributed by atoms with E-state index >= 15 is 0 Å². The van der Waals surface area contributed by atoms with E-state index in [4.69, 9.17) is 11.6 Å². The molecule has 1 aromatic heterocycles. The maximum Gasteiger partial charge on any atom is 0.515 e. The van der Waals surface area contributed by atoms with Crippen LogP contribution in [0.4, 0.5) is 4.79 Å². The van der Waals surface area contributed by atoms with Gasteiger partial charge in [0.05, 0.1) is 7.11 Å². The highest BCUT2D eigenvalue weighted by molar-refractivity contribution is 6.34.